The zero-order valence-electron chi connectivity index (χ0n) is 9.30. The normalized spacial score (nSPS) is 12.3. The van der Waals surface area contributed by atoms with Gasteiger partial charge >= 0.3 is 0 Å². The summed E-state index contributed by atoms with van der Waals surface area (Å²) in [6.07, 6.45) is 5.23. The highest BCUT2D eigenvalue weighted by molar-refractivity contribution is 5.15. The number of nitrogens with one attached hydrogen (secondary N) is 1. The van der Waals surface area contributed by atoms with Gasteiger partial charge in [-0.1, -0.05) is 30.3 Å². The van der Waals surface area contributed by atoms with Gasteiger partial charge in [0.1, 0.15) is 6.33 Å². The van der Waals surface area contributed by atoms with Crippen molar-refractivity contribution in [2.24, 2.45) is 0 Å². The molecule has 0 aliphatic rings. The third-order valence-electron chi connectivity index (χ3n) is 2.54. The van der Waals surface area contributed by atoms with Crippen LogP contribution in [0.5, 0.6) is 0 Å². The van der Waals surface area contributed by atoms with E-state index in [4.69, 9.17) is 0 Å². The lowest BCUT2D eigenvalue weighted by Crippen LogP contribution is -2.18. The fourth-order valence-corrected chi connectivity index (χ4v) is 1.52. The molecule has 82 valence electrons. The van der Waals surface area contributed by atoms with Gasteiger partial charge in [-0.2, -0.15) is 0 Å². The van der Waals surface area contributed by atoms with E-state index >= 15 is 0 Å². The minimum absolute atomic E-state index is 0.265. The molecule has 1 atom stereocenters. The summed E-state index contributed by atoms with van der Waals surface area (Å²) in [5, 5.41) is 3.44. The quantitative estimate of drug-likeness (QED) is 0.847. The average Bonchev–Trinajstić information content (AvgIpc) is 2.38. The van der Waals surface area contributed by atoms with Crippen molar-refractivity contribution in [2.45, 2.75) is 19.5 Å². The summed E-state index contributed by atoms with van der Waals surface area (Å²) in [7, 11) is 0. The van der Waals surface area contributed by atoms with Crippen molar-refractivity contribution < 1.29 is 0 Å². The molecule has 0 fully saturated rings. The molecule has 0 amide bonds. The molecule has 0 saturated carbocycles. The van der Waals surface area contributed by atoms with Crippen LogP contribution < -0.4 is 5.32 Å². The van der Waals surface area contributed by atoms with Gasteiger partial charge in [0.25, 0.3) is 0 Å². The van der Waals surface area contributed by atoms with Crippen LogP contribution in [0, 0.1) is 0 Å². The number of benzene rings is 1. The molecule has 0 spiro atoms. The molecule has 1 N–H and O–H groups in total. The minimum Gasteiger partial charge on any atom is -0.306 e. The van der Waals surface area contributed by atoms with Crippen molar-refractivity contribution in [1.82, 2.24) is 15.3 Å². The Morgan fingerprint density at radius 1 is 1.12 bits per heavy atom. The molecular weight excluding hydrogens is 198 g/mol. The third kappa shape index (κ3) is 2.87. The van der Waals surface area contributed by atoms with Gasteiger partial charge in [0.15, 0.2) is 0 Å². The van der Waals surface area contributed by atoms with Crippen molar-refractivity contribution in [3.63, 3.8) is 0 Å². The number of hydrogen-bond acceptors (Lipinski definition) is 3. The van der Waals surface area contributed by atoms with E-state index in [9.17, 15) is 0 Å². The van der Waals surface area contributed by atoms with E-state index < -0.39 is 0 Å². The van der Waals surface area contributed by atoms with Crippen LogP contribution in [-0.4, -0.2) is 9.97 Å². The molecule has 0 saturated heterocycles. The fraction of sp³-hybridized carbons (Fsp3) is 0.231. The van der Waals surface area contributed by atoms with Crippen molar-refractivity contribution in [3.8, 4) is 0 Å². The van der Waals surface area contributed by atoms with E-state index in [1.807, 2.05) is 30.6 Å². The average molecular weight is 213 g/mol. The molecule has 1 aromatic carbocycles. The summed E-state index contributed by atoms with van der Waals surface area (Å²) in [5.74, 6) is 0. The smallest absolute Gasteiger partial charge is 0.115 e. The lowest BCUT2D eigenvalue weighted by Gasteiger charge is -2.13. The molecule has 0 aliphatic heterocycles. The summed E-state index contributed by atoms with van der Waals surface area (Å²) < 4.78 is 0. The van der Waals surface area contributed by atoms with Crippen molar-refractivity contribution in [1.29, 1.82) is 0 Å². The molecule has 1 aromatic heterocycles. The number of hydrogen-bond donors (Lipinski definition) is 1. The first-order valence-electron chi connectivity index (χ1n) is 5.38. The molecule has 2 rings (SSSR count). The Labute approximate surface area is 95.6 Å². The van der Waals surface area contributed by atoms with Crippen LogP contribution in [0.1, 0.15) is 24.1 Å². The number of rotatable bonds is 4. The van der Waals surface area contributed by atoms with E-state index in [1.54, 1.807) is 6.33 Å². The Balaban J connectivity index is 1.92. The summed E-state index contributed by atoms with van der Waals surface area (Å²) in [4.78, 5) is 8.02. The van der Waals surface area contributed by atoms with Gasteiger partial charge < -0.3 is 5.32 Å². The zero-order valence-corrected chi connectivity index (χ0v) is 9.30. The van der Waals surface area contributed by atoms with Crippen molar-refractivity contribution in [3.05, 3.63) is 60.2 Å². The topological polar surface area (TPSA) is 37.8 Å². The number of aromatic nitrogens is 2. The lowest BCUT2D eigenvalue weighted by atomic mass is 10.1. The molecule has 1 heterocycles. The fourth-order valence-electron chi connectivity index (χ4n) is 1.52. The molecular formula is C13H15N3. The monoisotopic (exact) mass is 213 g/mol. The van der Waals surface area contributed by atoms with E-state index in [0.29, 0.717) is 0 Å². The van der Waals surface area contributed by atoms with E-state index in [1.165, 1.54) is 5.56 Å². The molecule has 3 nitrogen and oxygen atoms in total. The van der Waals surface area contributed by atoms with Gasteiger partial charge in [0.2, 0.25) is 0 Å². The van der Waals surface area contributed by atoms with Crippen LogP contribution in [0.2, 0.25) is 0 Å². The van der Waals surface area contributed by atoms with Gasteiger partial charge in [-0.15, -0.1) is 0 Å². The van der Waals surface area contributed by atoms with Crippen LogP contribution in [-0.2, 0) is 6.54 Å². The summed E-state index contributed by atoms with van der Waals surface area (Å²) in [6.45, 7) is 2.97. The molecule has 1 unspecified atom stereocenters. The predicted octanol–water partition coefficient (Wildman–Crippen LogP) is 2.33. The Bertz CT molecular complexity index is 414. The highest BCUT2D eigenvalue weighted by Gasteiger charge is 2.04. The Hall–Kier alpha value is -1.74. The largest absolute Gasteiger partial charge is 0.306 e. The molecule has 0 bridgehead atoms. The van der Waals surface area contributed by atoms with E-state index in [0.717, 1.165) is 12.1 Å². The highest BCUT2D eigenvalue weighted by atomic mass is 14.9. The third-order valence-corrected chi connectivity index (χ3v) is 2.54. The standard InChI is InChI=1S/C13H15N3/c1-11(13-8-14-10-15-9-13)16-7-12-5-3-2-4-6-12/h2-6,8-11,16H,7H2,1H3. The van der Waals surface area contributed by atoms with Crippen molar-refractivity contribution >= 4 is 0 Å². The molecule has 3 heteroatoms. The Morgan fingerprint density at radius 3 is 2.50 bits per heavy atom. The first-order valence-corrected chi connectivity index (χ1v) is 5.38. The maximum absolute atomic E-state index is 4.01. The molecule has 0 radical (unpaired) electrons. The second-order valence-electron chi connectivity index (χ2n) is 3.76. The first kappa shape index (κ1) is 10.8. The molecule has 16 heavy (non-hydrogen) atoms. The van der Waals surface area contributed by atoms with E-state index in [2.05, 4.69) is 34.3 Å². The second-order valence-corrected chi connectivity index (χ2v) is 3.76. The predicted molar refractivity (Wildman–Crippen MR) is 63.7 cm³/mol. The van der Waals surface area contributed by atoms with Gasteiger partial charge in [0, 0.05) is 30.5 Å². The van der Waals surface area contributed by atoms with Gasteiger partial charge in [0.05, 0.1) is 0 Å². The Morgan fingerprint density at radius 2 is 1.81 bits per heavy atom. The molecule has 0 aliphatic carbocycles. The maximum atomic E-state index is 4.01. The summed E-state index contributed by atoms with van der Waals surface area (Å²) in [5.41, 5.74) is 2.39. The van der Waals surface area contributed by atoms with Crippen LogP contribution in [0.15, 0.2) is 49.1 Å². The summed E-state index contributed by atoms with van der Waals surface area (Å²) in [6, 6.07) is 10.6. The highest BCUT2D eigenvalue weighted by Crippen LogP contribution is 2.09. The van der Waals surface area contributed by atoms with Gasteiger partial charge in [-0.05, 0) is 12.5 Å². The Kier molecular flexibility index (Phi) is 3.62. The minimum atomic E-state index is 0.265. The van der Waals surface area contributed by atoms with Crippen LogP contribution >= 0.6 is 0 Å². The number of nitrogens with zero attached hydrogens (tertiary/aromatic N) is 2. The van der Waals surface area contributed by atoms with Gasteiger partial charge in [-0.25, -0.2) is 9.97 Å². The maximum Gasteiger partial charge on any atom is 0.115 e. The lowest BCUT2D eigenvalue weighted by molar-refractivity contribution is 0.571. The first-order chi connectivity index (χ1) is 7.86. The SMILES string of the molecule is CC(NCc1ccccc1)c1cncnc1. The zero-order chi connectivity index (χ0) is 11.2. The second kappa shape index (κ2) is 5.37. The van der Waals surface area contributed by atoms with Gasteiger partial charge in [-0.3, -0.25) is 0 Å². The van der Waals surface area contributed by atoms with Crippen LogP contribution in [0.3, 0.4) is 0 Å². The molecule has 2 aromatic rings. The van der Waals surface area contributed by atoms with Crippen LogP contribution in [0.4, 0.5) is 0 Å². The van der Waals surface area contributed by atoms with E-state index in [-0.39, 0.29) is 6.04 Å². The van der Waals surface area contributed by atoms with Crippen LogP contribution in [0.25, 0.3) is 0 Å². The summed E-state index contributed by atoms with van der Waals surface area (Å²) >= 11 is 0. The van der Waals surface area contributed by atoms with Crippen molar-refractivity contribution in [2.75, 3.05) is 0 Å².